The van der Waals surface area contributed by atoms with Gasteiger partial charge < -0.3 is 10.1 Å². The molecule has 0 atom stereocenters. The molecule has 6 nitrogen and oxygen atoms in total. The Bertz CT molecular complexity index is 564. The number of methoxy groups -OCH3 is 1. The van der Waals surface area contributed by atoms with E-state index in [0.717, 1.165) is 29.4 Å². The van der Waals surface area contributed by atoms with Crippen molar-refractivity contribution in [3.63, 3.8) is 0 Å². The van der Waals surface area contributed by atoms with Gasteiger partial charge in [0.15, 0.2) is 0 Å². The maximum atomic E-state index is 5.25. The van der Waals surface area contributed by atoms with Crippen molar-refractivity contribution in [1.82, 2.24) is 25.3 Å². The molecule has 0 spiro atoms. The Hall–Kier alpha value is -1.95. The van der Waals surface area contributed by atoms with Crippen LogP contribution in [0.2, 0.25) is 0 Å². The van der Waals surface area contributed by atoms with Gasteiger partial charge in [-0.2, -0.15) is 0 Å². The van der Waals surface area contributed by atoms with E-state index < -0.39 is 0 Å². The second-order valence-electron chi connectivity index (χ2n) is 5.08. The summed E-state index contributed by atoms with van der Waals surface area (Å²) in [5, 5.41) is 11.6. The van der Waals surface area contributed by atoms with Crippen LogP contribution >= 0.6 is 0 Å². The van der Waals surface area contributed by atoms with Crippen molar-refractivity contribution in [2.45, 2.75) is 39.9 Å². The lowest BCUT2D eigenvalue weighted by Gasteiger charge is -2.06. The maximum absolute atomic E-state index is 5.25. The molecule has 0 saturated heterocycles. The van der Waals surface area contributed by atoms with Crippen molar-refractivity contribution in [1.29, 1.82) is 0 Å². The lowest BCUT2D eigenvalue weighted by molar-refractivity contribution is 0.412. The Labute approximate surface area is 119 Å². The Kier molecular flexibility index (Phi) is 4.68. The number of aryl methyl sites for hydroxylation is 1. The minimum Gasteiger partial charge on any atom is -0.497 e. The predicted octanol–water partition coefficient (Wildman–Crippen LogP) is 1.54. The highest BCUT2D eigenvalue weighted by molar-refractivity contribution is 5.26. The van der Waals surface area contributed by atoms with Gasteiger partial charge in [-0.05, 0) is 6.92 Å². The average molecular weight is 275 g/mol. The quantitative estimate of drug-likeness (QED) is 0.866. The van der Waals surface area contributed by atoms with Crippen LogP contribution in [0.4, 0.5) is 0 Å². The van der Waals surface area contributed by atoms with Gasteiger partial charge in [0.05, 0.1) is 31.2 Å². The standard InChI is InChI=1S/C14H21N5O/c1-10(2)15-7-13-9-19(18-17-13)8-12-6-14(20-4)5-11(3)16-12/h5-6,9-10,15H,7-8H2,1-4H3. The van der Waals surface area contributed by atoms with Gasteiger partial charge in [0.1, 0.15) is 5.75 Å². The molecule has 0 aliphatic carbocycles. The number of pyridine rings is 1. The third-order valence-electron chi connectivity index (χ3n) is 2.82. The van der Waals surface area contributed by atoms with E-state index in [-0.39, 0.29) is 0 Å². The van der Waals surface area contributed by atoms with Gasteiger partial charge in [0.2, 0.25) is 0 Å². The summed E-state index contributed by atoms with van der Waals surface area (Å²) in [6.07, 6.45) is 1.94. The fourth-order valence-electron chi connectivity index (χ4n) is 1.87. The summed E-state index contributed by atoms with van der Waals surface area (Å²) in [5.74, 6) is 0.814. The first-order valence-corrected chi connectivity index (χ1v) is 6.71. The summed E-state index contributed by atoms with van der Waals surface area (Å²) in [5.41, 5.74) is 2.77. The molecule has 0 aliphatic heterocycles. The van der Waals surface area contributed by atoms with Crippen molar-refractivity contribution >= 4 is 0 Å². The van der Waals surface area contributed by atoms with Gasteiger partial charge in [-0.1, -0.05) is 19.1 Å². The van der Waals surface area contributed by atoms with E-state index in [1.54, 1.807) is 11.8 Å². The van der Waals surface area contributed by atoms with Crippen LogP contribution in [0.3, 0.4) is 0 Å². The molecule has 0 fully saturated rings. The number of nitrogens with zero attached hydrogens (tertiary/aromatic N) is 4. The largest absolute Gasteiger partial charge is 0.497 e. The third-order valence-corrected chi connectivity index (χ3v) is 2.82. The molecule has 2 heterocycles. The summed E-state index contributed by atoms with van der Waals surface area (Å²) in [7, 11) is 1.66. The molecule has 0 bridgehead atoms. The van der Waals surface area contributed by atoms with E-state index in [2.05, 4.69) is 34.5 Å². The van der Waals surface area contributed by atoms with Crippen molar-refractivity contribution in [3.8, 4) is 5.75 Å². The van der Waals surface area contributed by atoms with E-state index in [0.29, 0.717) is 12.6 Å². The second kappa shape index (κ2) is 6.47. The monoisotopic (exact) mass is 275 g/mol. The van der Waals surface area contributed by atoms with Gasteiger partial charge in [0.25, 0.3) is 0 Å². The molecule has 2 rings (SSSR count). The fraction of sp³-hybridized carbons (Fsp3) is 0.500. The minimum absolute atomic E-state index is 0.433. The van der Waals surface area contributed by atoms with Crippen LogP contribution in [0.15, 0.2) is 18.3 Å². The molecule has 20 heavy (non-hydrogen) atoms. The first kappa shape index (κ1) is 14.5. The van der Waals surface area contributed by atoms with Crippen LogP contribution in [0.5, 0.6) is 5.75 Å². The zero-order valence-corrected chi connectivity index (χ0v) is 12.4. The van der Waals surface area contributed by atoms with Crippen LogP contribution in [0, 0.1) is 6.92 Å². The highest BCUT2D eigenvalue weighted by atomic mass is 16.5. The number of rotatable bonds is 6. The molecule has 1 N–H and O–H groups in total. The third kappa shape index (κ3) is 4.03. The smallest absolute Gasteiger partial charge is 0.122 e. The first-order chi connectivity index (χ1) is 9.56. The van der Waals surface area contributed by atoms with Crippen LogP contribution in [-0.4, -0.2) is 33.1 Å². The molecule has 2 aromatic heterocycles. The van der Waals surface area contributed by atoms with Crippen molar-refractivity contribution < 1.29 is 4.74 Å². The van der Waals surface area contributed by atoms with Crippen LogP contribution in [-0.2, 0) is 13.1 Å². The van der Waals surface area contributed by atoms with E-state index >= 15 is 0 Å². The molecule has 2 aromatic rings. The Morgan fingerprint density at radius 3 is 2.80 bits per heavy atom. The van der Waals surface area contributed by atoms with Gasteiger partial charge in [-0.15, -0.1) is 5.10 Å². The van der Waals surface area contributed by atoms with Gasteiger partial charge in [0, 0.05) is 30.4 Å². The lowest BCUT2D eigenvalue weighted by Crippen LogP contribution is -2.21. The molecule has 0 amide bonds. The molecule has 6 heteroatoms. The van der Waals surface area contributed by atoms with Crippen LogP contribution in [0.25, 0.3) is 0 Å². The van der Waals surface area contributed by atoms with E-state index in [1.807, 2.05) is 25.3 Å². The fourth-order valence-corrected chi connectivity index (χ4v) is 1.87. The van der Waals surface area contributed by atoms with Crippen molar-refractivity contribution in [2.75, 3.05) is 7.11 Å². The van der Waals surface area contributed by atoms with Crippen LogP contribution in [0.1, 0.15) is 30.9 Å². The molecular formula is C14H21N5O. The van der Waals surface area contributed by atoms with Crippen molar-refractivity contribution in [3.05, 3.63) is 35.4 Å². The maximum Gasteiger partial charge on any atom is 0.122 e. The molecule has 0 aliphatic rings. The zero-order valence-electron chi connectivity index (χ0n) is 12.4. The predicted molar refractivity (Wildman–Crippen MR) is 76.6 cm³/mol. The molecule has 0 saturated carbocycles. The van der Waals surface area contributed by atoms with E-state index in [4.69, 9.17) is 4.74 Å². The summed E-state index contributed by atoms with van der Waals surface area (Å²) in [4.78, 5) is 4.48. The van der Waals surface area contributed by atoms with E-state index in [9.17, 15) is 0 Å². The topological polar surface area (TPSA) is 64.9 Å². The minimum atomic E-state index is 0.433. The normalized spacial score (nSPS) is 11.1. The molecule has 0 unspecified atom stereocenters. The Morgan fingerprint density at radius 2 is 2.10 bits per heavy atom. The highest BCUT2D eigenvalue weighted by Gasteiger charge is 2.05. The SMILES string of the molecule is COc1cc(C)nc(Cn2cc(CNC(C)C)nn2)c1. The van der Waals surface area contributed by atoms with E-state index in [1.165, 1.54) is 0 Å². The summed E-state index contributed by atoms with van der Waals surface area (Å²) < 4.78 is 7.04. The Morgan fingerprint density at radius 1 is 1.30 bits per heavy atom. The number of aromatic nitrogens is 4. The number of hydrogen-bond donors (Lipinski definition) is 1. The van der Waals surface area contributed by atoms with Gasteiger partial charge >= 0.3 is 0 Å². The average Bonchev–Trinajstić information content (AvgIpc) is 2.83. The second-order valence-corrected chi connectivity index (χ2v) is 5.08. The molecular weight excluding hydrogens is 254 g/mol. The number of ether oxygens (including phenoxy) is 1. The lowest BCUT2D eigenvalue weighted by atomic mass is 10.3. The van der Waals surface area contributed by atoms with Crippen molar-refractivity contribution in [2.24, 2.45) is 0 Å². The van der Waals surface area contributed by atoms with Gasteiger partial charge in [-0.25, -0.2) is 4.68 Å². The van der Waals surface area contributed by atoms with Gasteiger partial charge in [-0.3, -0.25) is 4.98 Å². The molecule has 0 aromatic carbocycles. The molecule has 0 radical (unpaired) electrons. The highest BCUT2D eigenvalue weighted by Crippen LogP contribution is 2.14. The number of nitrogens with one attached hydrogen (secondary N) is 1. The Balaban J connectivity index is 2.04. The summed E-state index contributed by atoms with van der Waals surface area (Å²) in [6.45, 7) is 7.47. The molecule has 108 valence electrons. The summed E-state index contributed by atoms with van der Waals surface area (Å²) in [6, 6.07) is 4.26. The van der Waals surface area contributed by atoms with Crippen LogP contribution < -0.4 is 10.1 Å². The number of hydrogen-bond acceptors (Lipinski definition) is 5. The first-order valence-electron chi connectivity index (χ1n) is 6.71. The zero-order chi connectivity index (χ0) is 14.5. The summed E-state index contributed by atoms with van der Waals surface area (Å²) >= 11 is 0.